The fraction of sp³-hybridized carbons (Fsp3) is 0.867. The molecule has 2 fully saturated rings. The molecular formula is C15H25NO4. The van der Waals surface area contributed by atoms with E-state index in [1.165, 1.54) is 26.4 Å². The highest BCUT2D eigenvalue weighted by molar-refractivity contribution is 5.78. The van der Waals surface area contributed by atoms with Crippen LogP contribution in [0.5, 0.6) is 0 Å². The van der Waals surface area contributed by atoms with Crippen molar-refractivity contribution < 1.29 is 19.4 Å². The first kappa shape index (κ1) is 15.3. The molecule has 0 aromatic carbocycles. The fourth-order valence-corrected chi connectivity index (χ4v) is 4.04. The summed E-state index contributed by atoms with van der Waals surface area (Å²) in [6, 6.07) is 0. The molecule has 20 heavy (non-hydrogen) atoms. The fourth-order valence-electron chi connectivity index (χ4n) is 4.04. The number of ether oxygens (including phenoxy) is 1. The zero-order valence-corrected chi connectivity index (χ0v) is 12.4. The second-order valence-electron chi connectivity index (χ2n) is 6.75. The quantitative estimate of drug-likeness (QED) is 0.747. The van der Waals surface area contributed by atoms with Gasteiger partial charge in [0.05, 0.1) is 18.6 Å². The molecule has 0 aromatic heterocycles. The molecule has 5 nitrogen and oxygen atoms in total. The van der Waals surface area contributed by atoms with Gasteiger partial charge in [-0.1, -0.05) is 6.42 Å². The molecule has 1 amide bonds. The van der Waals surface area contributed by atoms with Gasteiger partial charge >= 0.3 is 5.97 Å². The molecule has 2 aliphatic rings. The van der Waals surface area contributed by atoms with Gasteiger partial charge in [0.25, 0.3) is 0 Å². The number of carboxylic acid groups (broad SMARTS) is 1. The number of rotatable bonds is 7. The Morgan fingerprint density at radius 2 is 2.10 bits per heavy atom. The van der Waals surface area contributed by atoms with E-state index >= 15 is 0 Å². The zero-order chi connectivity index (χ0) is 14.8. The van der Waals surface area contributed by atoms with Crippen LogP contribution in [0.3, 0.4) is 0 Å². The molecule has 0 spiro atoms. The van der Waals surface area contributed by atoms with Gasteiger partial charge in [0.1, 0.15) is 0 Å². The van der Waals surface area contributed by atoms with Gasteiger partial charge in [-0.05, 0) is 43.9 Å². The molecule has 2 rings (SSSR count). The highest BCUT2D eigenvalue weighted by atomic mass is 16.5. The minimum atomic E-state index is -0.926. The van der Waals surface area contributed by atoms with Gasteiger partial charge in [0.15, 0.2) is 0 Å². The number of hydrogen-bond donors (Lipinski definition) is 2. The minimum absolute atomic E-state index is 0.0386. The average molecular weight is 283 g/mol. The average Bonchev–Trinajstić information content (AvgIpc) is 2.88. The molecule has 0 heterocycles. The van der Waals surface area contributed by atoms with Gasteiger partial charge in [-0.15, -0.1) is 0 Å². The van der Waals surface area contributed by atoms with E-state index in [9.17, 15) is 9.59 Å². The molecule has 2 aliphatic carbocycles. The Morgan fingerprint density at radius 1 is 1.35 bits per heavy atom. The van der Waals surface area contributed by atoms with Crippen molar-refractivity contribution in [2.75, 3.05) is 13.7 Å². The second kappa shape index (κ2) is 6.12. The van der Waals surface area contributed by atoms with Crippen molar-refractivity contribution in [1.82, 2.24) is 5.32 Å². The van der Waals surface area contributed by atoms with Crippen LogP contribution in [0.2, 0.25) is 0 Å². The molecule has 0 saturated heterocycles. The third kappa shape index (κ3) is 3.72. The van der Waals surface area contributed by atoms with Crippen molar-refractivity contribution in [3.8, 4) is 0 Å². The number of carboxylic acids is 1. The summed E-state index contributed by atoms with van der Waals surface area (Å²) in [6.45, 7) is 1.94. The molecule has 2 N–H and O–H groups in total. The lowest BCUT2D eigenvalue weighted by molar-refractivity contribution is -0.139. The van der Waals surface area contributed by atoms with Gasteiger partial charge in [-0.2, -0.15) is 0 Å². The van der Waals surface area contributed by atoms with Crippen LogP contribution < -0.4 is 5.32 Å². The number of carbonyl (C=O) groups is 2. The van der Waals surface area contributed by atoms with E-state index in [-0.39, 0.29) is 18.9 Å². The lowest BCUT2D eigenvalue weighted by atomic mass is 9.86. The smallest absolute Gasteiger partial charge is 0.305 e. The first-order valence-corrected chi connectivity index (χ1v) is 7.43. The zero-order valence-electron chi connectivity index (χ0n) is 12.4. The lowest BCUT2D eigenvalue weighted by Crippen LogP contribution is -2.51. The standard InChI is InChI=1S/C15H25NO4/c1-15(9-20-2,8-14(18)19)16-13(17)7-12-6-10-3-4-11(12)5-10/h10-12H,3-9H2,1-2H3,(H,16,17)(H,18,19). The van der Waals surface area contributed by atoms with E-state index in [1.807, 2.05) is 0 Å². The highest BCUT2D eigenvalue weighted by Crippen LogP contribution is 2.49. The molecule has 0 aromatic rings. The van der Waals surface area contributed by atoms with Crippen molar-refractivity contribution in [3.05, 3.63) is 0 Å². The van der Waals surface area contributed by atoms with Gasteiger partial charge < -0.3 is 15.2 Å². The Labute approximate surface area is 120 Å². The highest BCUT2D eigenvalue weighted by Gasteiger charge is 2.40. The Kier molecular flexibility index (Phi) is 4.68. The number of nitrogens with one attached hydrogen (secondary N) is 1. The summed E-state index contributed by atoms with van der Waals surface area (Å²) >= 11 is 0. The van der Waals surface area contributed by atoms with E-state index in [1.54, 1.807) is 6.92 Å². The minimum Gasteiger partial charge on any atom is -0.481 e. The van der Waals surface area contributed by atoms with E-state index in [2.05, 4.69) is 5.32 Å². The largest absolute Gasteiger partial charge is 0.481 e. The first-order chi connectivity index (χ1) is 9.42. The first-order valence-electron chi connectivity index (χ1n) is 7.43. The van der Waals surface area contributed by atoms with E-state index < -0.39 is 11.5 Å². The van der Waals surface area contributed by atoms with Crippen molar-refractivity contribution in [2.45, 2.75) is 51.0 Å². The normalized spacial score (nSPS) is 31.0. The van der Waals surface area contributed by atoms with Crippen molar-refractivity contribution in [2.24, 2.45) is 17.8 Å². The number of fused-ring (bicyclic) bond motifs is 2. The SMILES string of the molecule is COCC(C)(CC(=O)O)NC(=O)CC1CC2CCC1C2. The summed E-state index contributed by atoms with van der Waals surface area (Å²) in [5, 5.41) is 11.8. The Hall–Kier alpha value is -1.10. The maximum absolute atomic E-state index is 12.2. The molecular weight excluding hydrogens is 258 g/mol. The van der Waals surface area contributed by atoms with E-state index in [0.29, 0.717) is 18.3 Å². The van der Waals surface area contributed by atoms with Crippen LogP contribution in [0.15, 0.2) is 0 Å². The van der Waals surface area contributed by atoms with E-state index in [0.717, 1.165) is 12.3 Å². The molecule has 0 radical (unpaired) electrons. The van der Waals surface area contributed by atoms with Gasteiger partial charge in [0, 0.05) is 13.5 Å². The number of methoxy groups -OCH3 is 1. The summed E-state index contributed by atoms with van der Waals surface area (Å²) in [6.07, 6.45) is 5.43. The summed E-state index contributed by atoms with van der Waals surface area (Å²) in [5.41, 5.74) is -0.824. The molecule has 114 valence electrons. The third-order valence-electron chi connectivity index (χ3n) is 4.78. The maximum atomic E-state index is 12.2. The van der Waals surface area contributed by atoms with Crippen LogP contribution in [0.4, 0.5) is 0 Å². The van der Waals surface area contributed by atoms with Crippen molar-refractivity contribution in [1.29, 1.82) is 0 Å². The van der Waals surface area contributed by atoms with Crippen LogP contribution in [0.25, 0.3) is 0 Å². The Morgan fingerprint density at radius 3 is 2.60 bits per heavy atom. The molecule has 5 heteroatoms. The van der Waals surface area contributed by atoms with Gasteiger partial charge in [-0.3, -0.25) is 9.59 Å². The second-order valence-corrected chi connectivity index (χ2v) is 6.75. The van der Waals surface area contributed by atoms with Crippen LogP contribution in [-0.4, -0.2) is 36.2 Å². The monoisotopic (exact) mass is 283 g/mol. The van der Waals surface area contributed by atoms with Crippen molar-refractivity contribution in [3.63, 3.8) is 0 Å². The number of hydrogen-bond acceptors (Lipinski definition) is 3. The Balaban J connectivity index is 1.86. The molecule has 2 saturated carbocycles. The van der Waals surface area contributed by atoms with Crippen LogP contribution in [0, 0.1) is 17.8 Å². The summed E-state index contributed by atoms with van der Waals surface area (Å²) < 4.78 is 5.05. The number of amides is 1. The Bertz CT molecular complexity index is 384. The molecule has 4 atom stereocenters. The van der Waals surface area contributed by atoms with E-state index in [4.69, 9.17) is 9.84 Å². The predicted molar refractivity (Wildman–Crippen MR) is 74.2 cm³/mol. The summed E-state index contributed by atoms with van der Waals surface area (Å²) in [7, 11) is 1.52. The van der Waals surface area contributed by atoms with Crippen LogP contribution >= 0.6 is 0 Å². The van der Waals surface area contributed by atoms with Gasteiger partial charge in [0.2, 0.25) is 5.91 Å². The van der Waals surface area contributed by atoms with Crippen molar-refractivity contribution >= 4 is 11.9 Å². The molecule has 4 unspecified atom stereocenters. The van der Waals surface area contributed by atoms with Gasteiger partial charge in [-0.25, -0.2) is 0 Å². The summed E-state index contributed by atoms with van der Waals surface area (Å²) in [5.74, 6) is 1.06. The predicted octanol–water partition coefficient (Wildman–Crippen LogP) is 1.81. The lowest BCUT2D eigenvalue weighted by Gasteiger charge is -2.30. The number of aliphatic carboxylic acids is 1. The van der Waals surface area contributed by atoms with Crippen LogP contribution in [0.1, 0.15) is 45.4 Å². The molecule has 2 bridgehead atoms. The van der Waals surface area contributed by atoms with Crippen LogP contribution in [-0.2, 0) is 14.3 Å². The maximum Gasteiger partial charge on any atom is 0.305 e. The third-order valence-corrected chi connectivity index (χ3v) is 4.78. The summed E-state index contributed by atoms with van der Waals surface area (Å²) in [4.78, 5) is 23.1. The topological polar surface area (TPSA) is 75.6 Å². The molecule has 0 aliphatic heterocycles. The number of carbonyl (C=O) groups excluding carboxylic acids is 1.